The second kappa shape index (κ2) is 8.17. The van der Waals surface area contributed by atoms with Crippen molar-refractivity contribution < 1.29 is 9.59 Å². The van der Waals surface area contributed by atoms with E-state index in [2.05, 4.69) is 10.4 Å². The second-order valence-corrected chi connectivity index (χ2v) is 7.12. The van der Waals surface area contributed by atoms with Crippen molar-refractivity contribution in [2.45, 2.75) is 45.8 Å². The van der Waals surface area contributed by atoms with Gasteiger partial charge in [-0.05, 0) is 29.5 Å². The van der Waals surface area contributed by atoms with Crippen LogP contribution in [0.25, 0.3) is 0 Å². The molecule has 1 aliphatic heterocycles. The van der Waals surface area contributed by atoms with Gasteiger partial charge in [0.15, 0.2) is 0 Å². The van der Waals surface area contributed by atoms with Gasteiger partial charge in [0, 0.05) is 31.9 Å². The Morgan fingerprint density at radius 1 is 1.23 bits per heavy atom. The van der Waals surface area contributed by atoms with Crippen LogP contribution in [0.3, 0.4) is 0 Å². The fourth-order valence-electron chi connectivity index (χ4n) is 3.40. The van der Waals surface area contributed by atoms with Crippen molar-refractivity contribution in [3.8, 4) is 0 Å². The van der Waals surface area contributed by atoms with Gasteiger partial charge in [-0.2, -0.15) is 5.10 Å². The highest BCUT2D eigenvalue weighted by atomic mass is 16.2. The van der Waals surface area contributed by atoms with E-state index in [0.717, 1.165) is 24.1 Å². The molecule has 6 heteroatoms. The number of nitrogens with one attached hydrogen (secondary N) is 1. The first-order valence-electron chi connectivity index (χ1n) is 9.17. The van der Waals surface area contributed by atoms with E-state index in [4.69, 9.17) is 0 Å². The van der Waals surface area contributed by atoms with E-state index < -0.39 is 0 Å². The Balaban J connectivity index is 1.56. The lowest BCUT2D eigenvalue weighted by Crippen LogP contribution is -2.50. The summed E-state index contributed by atoms with van der Waals surface area (Å²) in [5, 5.41) is 7.19. The molecule has 0 saturated carbocycles. The molecule has 1 aliphatic rings. The molecule has 1 saturated heterocycles. The molecular formula is C20H26N4O2. The molecule has 0 unspecified atom stereocenters. The van der Waals surface area contributed by atoms with Crippen molar-refractivity contribution in [1.82, 2.24) is 20.0 Å². The van der Waals surface area contributed by atoms with Crippen molar-refractivity contribution >= 4 is 11.8 Å². The summed E-state index contributed by atoms with van der Waals surface area (Å²) in [7, 11) is 0. The number of carbonyl (C=O) groups is 2. The Kier molecular flexibility index (Phi) is 5.71. The van der Waals surface area contributed by atoms with Crippen LogP contribution in [-0.4, -0.2) is 39.1 Å². The maximum absolute atomic E-state index is 12.7. The zero-order valence-corrected chi connectivity index (χ0v) is 15.4. The lowest BCUT2D eigenvalue weighted by Gasteiger charge is -2.29. The average molecular weight is 354 g/mol. The number of likely N-dealkylation sites (tertiary alicyclic amines) is 1. The van der Waals surface area contributed by atoms with E-state index in [1.165, 1.54) is 0 Å². The number of amides is 2. The third-order valence-electron chi connectivity index (χ3n) is 4.74. The Bertz CT molecular complexity index is 738. The van der Waals surface area contributed by atoms with Gasteiger partial charge in [0.05, 0.1) is 6.54 Å². The van der Waals surface area contributed by atoms with Crippen LogP contribution in [0.5, 0.6) is 0 Å². The van der Waals surface area contributed by atoms with Gasteiger partial charge in [0.25, 0.3) is 0 Å². The molecular weight excluding hydrogens is 328 g/mol. The van der Waals surface area contributed by atoms with Gasteiger partial charge in [-0.25, -0.2) is 0 Å². The molecule has 1 fully saturated rings. The van der Waals surface area contributed by atoms with Gasteiger partial charge >= 0.3 is 0 Å². The van der Waals surface area contributed by atoms with E-state index in [1.54, 1.807) is 11.1 Å². The molecule has 1 atom stereocenters. The predicted octanol–water partition coefficient (Wildman–Crippen LogP) is 2.19. The fraction of sp³-hybridized carbons (Fsp3) is 0.450. The maximum Gasteiger partial charge on any atom is 0.243 e. The topological polar surface area (TPSA) is 67.2 Å². The van der Waals surface area contributed by atoms with Gasteiger partial charge < -0.3 is 10.2 Å². The molecule has 6 nitrogen and oxygen atoms in total. The van der Waals surface area contributed by atoms with Crippen LogP contribution in [-0.2, 0) is 22.7 Å². The summed E-state index contributed by atoms with van der Waals surface area (Å²) in [4.78, 5) is 26.4. The SMILES string of the molecule is CC(C)[C@@H](C(=O)NCc1ccc(Cn2cccn2)cc1)N1CCCC1=O. The third kappa shape index (κ3) is 4.31. The molecule has 0 bridgehead atoms. The molecule has 0 aliphatic carbocycles. The van der Waals surface area contributed by atoms with Crippen molar-refractivity contribution in [2.75, 3.05) is 6.54 Å². The summed E-state index contributed by atoms with van der Waals surface area (Å²) in [5.41, 5.74) is 2.20. The molecule has 1 N–H and O–H groups in total. The Morgan fingerprint density at radius 2 is 1.96 bits per heavy atom. The van der Waals surface area contributed by atoms with E-state index in [1.807, 2.05) is 55.1 Å². The molecule has 2 amide bonds. The number of rotatable bonds is 7. The maximum atomic E-state index is 12.7. The van der Waals surface area contributed by atoms with Crippen LogP contribution in [0, 0.1) is 5.92 Å². The average Bonchev–Trinajstić information content (AvgIpc) is 3.27. The fourth-order valence-corrected chi connectivity index (χ4v) is 3.40. The lowest BCUT2D eigenvalue weighted by molar-refractivity contribution is -0.139. The van der Waals surface area contributed by atoms with Gasteiger partial charge in [-0.3, -0.25) is 14.3 Å². The van der Waals surface area contributed by atoms with E-state index in [0.29, 0.717) is 19.5 Å². The molecule has 2 aromatic rings. The van der Waals surface area contributed by atoms with Gasteiger partial charge in [0.1, 0.15) is 6.04 Å². The highest BCUT2D eigenvalue weighted by Crippen LogP contribution is 2.19. The zero-order chi connectivity index (χ0) is 18.5. The third-order valence-corrected chi connectivity index (χ3v) is 4.74. The summed E-state index contributed by atoms with van der Waals surface area (Å²) in [6.45, 7) is 5.84. The second-order valence-electron chi connectivity index (χ2n) is 7.12. The molecule has 138 valence electrons. The number of hydrogen-bond donors (Lipinski definition) is 1. The highest BCUT2D eigenvalue weighted by molar-refractivity contribution is 5.88. The standard InChI is InChI=1S/C20H26N4O2/c1-15(2)19(24-12-3-5-18(24)25)20(26)21-13-16-6-8-17(9-7-16)14-23-11-4-10-22-23/h4,6-11,15,19H,3,5,12-14H2,1-2H3,(H,21,26)/t19-/m0/s1. The molecule has 2 heterocycles. The van der Waals surface area contributed by atoms with Crippen LogP contribution in [0.2, 0.25) is 0 Å². The first-order valence-corrected chi connectivity index (χ1v) is 9.17. The summed E-state index contributed by atoms with van der Waals surface area (Å²) in [6, 6.07) is 9.65. The van der Waals surface area contributed by atoms with Crippen LogP contribution in [0.15, 0.2) is 42.7 Å². The Morgan fingerprint density at radius 3 is 2.54 bits per heavy atom. The molecule has 0 radical (unpaired) electrons. The van der Waals surface area contributed by atoms with E-state index in [-0.39, 0.29) is 23.8 Å². The Labute approximate surface area is 154 Å². The van der Waals surface area contributed by atoms with Gasteiger partial charge in [0.2, 0.25) is 11.8 Å². The predicted molar refractivity (Wildman–Crippen MR) is 99.2 cm³/mol. The van der Waals surface area contributed by atoms with E-state index in [9.17, 15) is 9.59 Å². The molecule has 0 spiro atoms. The largest absolute Gasteiger partial charge is 0.350 e. The number of aromatic nitrogens is 2. The van der Waals surface area contributed by atoms with Crippen LogP contribution in [0.4, 0.5) is 0 Å². The van der Waals surface area contributed by atoms with Crippen LogP contribution >= 0.6 is 0 Å². The van der Waals surface area contributed by atoms with Crippen LogP contribution < -0.4 is 5.32 Å². The minimum atomic E-state index is -0.385. The Hall–Kier alpha value is -2.63. The number of benzene rings is 1. The van der Waals surface area contributed by atoms with Crippen LogP contribution in [0.1, 0.15) is 37.8 Å². The molecule has 1 aromatic heterocycles. The molecule has 26 heavy (non-hydrogen) atoms. The summed E-state index contributed by atoms with van der Waals surface area (Å²) in [5.74, 6) is 0.103. The van der Waals surface area contributed by atoms with E-state index >= 15 is 0 Å². The summed E-state index contributed by atoms with van der Waals surface area (Å²) in [6.07, 6.45) is 5.08. The normalized spacial score (nSPS) is 15.5. The number of carbonyl (C=O) groups excluding carboxylic acids is 2. The van der Waals surface area contributed by atoms with Crippen molar-refractivity contribution in [1.29, 1.82) is 0 Å². The van der Waals surface area contributed by atoms with Crippen molar-refractivity contribution in [3.63, 3.8) is 0 Å². The van der Waals surface area contributed by atoms with Crippen molar-refractivity contribution in [2.24, 2.45) is 5.92 Å². The first-order chi connectivity index (χ1) is 12.5. The zero-order valence-electron chi connectivity index (χ0n) is 15.4. The quantitative estimate of drug-likeness (QED) is 0.829. The van der Waals surface area contributed by atoms with Gasteiger partial charge in [-0.1, -0.05) is 38.1 Å². The van der Waals surface area contributed by atoms with Crippen molar-refractivity contribution in [3.05, 3.63) is 53.9 Å². The monoisotopic (exact) mass is 354 g/mol. The molecule has 3 rings (SSSR count). The molecule has 1 aromatic carbocycles. The lowest BCUT2D eigenvalue weighted by atomic mass is 10.0. The summed E-state index contributed by atoms with van der Waals surface area (Å²) >= 11 is 0. The highest BCUT2D eigenvalue weighted by Gasteiger charge is 2.34. The number of nitrogens with zero attached hydrogens (tertiary/aromatic N) is 3. The minimum absolute atomic E-state index is 0.0733. The first kappa shape index (κ1) is 18.2. The number of hydrogen-bond acceptors (Lipinski definition) is 3. The van der Waals surface area contributed by atoms with Gasteiger partial charge in [-0.15, -0.1) is 0 Å². The smallest absolute Gasteiger partial charge is 0.243 e. The minimum Gasteiger partial charge on any atom is -0.350 e. The summed E-state index contributed by atoms with van der Waals surface area (Å²) < 4.78 is 1.87.